The molecule has 3 aromatic carbocycles. The molecule has 2 amide bonds. The van der Waals surface area contributed by atoms with Crippen molar-refractivity contribution < 1.29 is 14.3 Å². The second-order valence-electron chi connectivity index (χ2n) is 6.74. The van der Waals surface area contributed by atoms with Crippen molar-refractivity contribution in [2.24, 2.45) is 11.0 Å². The van der Waals surface area contributed by atoms with Crippen LogP contribution in [0.15, 0.2) is 88.4 Å². The molecule has 3 aromatic rings. The highest BCUT2D eigenvalue weighted by Gasteiger charge is 2.21. The average molecular weight is 480 g/mol. The Morgan fingerprint density at radius 1 is 0.968 bits per heavy atom. The van der Waals surface area contributed by atoms with Crippen LogP contribution in [0.4, 0.5) is 5.69 Å². The summed E-state index contributed by atoms with van der Waals surface area (Å²) in [4.78, 5) is 24.7. The van der Waals surface area contributed by atoms with Crippen molar-refractivity contribution in [2.45, 2.75) is 13.5 Å². The van der Waals surface area contributed by atoms with Crippen molar-refractivity contribution in [3.8, 4) is 5.75 Å². The summed E-state index contributed by atoms with van der Waals surface area (Å²) in [5, 5.41) is 6.71. The molecule has 0 aliphatic carbocycles. The molecule has 3 rings (SSSR count). The van der Waals surface area contributed by atoms with Gasteiger partial charge in [0.2, 0.25) is 5.91 Å². The number of halogens is 1. The maximum absolute atomic E-state index is 12.3. The van der Waals surface area contributed by atoms with Gasteiger partial charge in [-0.1, -0.05) is 54.6 Å². The molecular formula is C24H22BrN3O3. The summed E-state index contributed by atoms with van der Waals surface area (Å²) >= 11 is 3.36. The lowest BCUT2D eigenvalue weighted by atomic mass is 10.1. The third-order valence-corrected chi connectivity index (χ3v) is 5.14. The topological polar surface area (TPSA) is 79.8 Å². The third kappa shape index (κ3) is 6.52. The highest BCUT2D eigenvalue weighted by atomic mass is 79.9. The number of rotatable bonds is 8. The summed E-state index contributed by atoms with van der Waals surface area (Å²) in [6.07, 6.45) is 1.50. The molecule has 158 valence electrons. The minimum atomic E-state index is -0.922. The van der Waals surface area contributed by atoms with Crippen LogP contribution in [0.1, 0.15) is 18.1 Å². The minimum Gasteiger partial charge on any atom is -0.488 e. The van der Waals surface area contributed by atoms with E-state index in [1.165, 1.54) is 13.1 Å². The van der Waals surface area contributed by atoms with Crippen LogP contribution >= 0.6 is 15.9 Å². The Morgan fingerprint density at radius 2 is 1.65 bits per heavy atom. The first-order valence-electron chi connectivity index (χ1n) is 9.68. The lowest BCUT2D eigenvalue weighted by Crippen LogP contribution is -2.34. The minimum absolute atomic E-state index is 0.421. The molecule has 1 atom stereocenters. The van der Waals surface area contributed by atoms with E-state index in [9.17, 15) is 9.59 Å². The number of nitrogens with zero attached hydrogens (tertiary/aromatic N) is 1. The molecule has 0 aliphatic rings. The summed E-state index contributed by atoms with van der Waals surface area (Å²) in [7, 11) is 0. The predicted octanol–water partition coefficient (Wildman–Crippen LogP) is 4.75. The van der Waals surface area contributed by atoms with Crippen molar-refractivity contribution >= 4 is 39.6 Å². The fraction of sp³-hybridized carbons (Fsp3) is 0.125. The van der Waals surface area contributed by atoms with Crippen LogP contribution in [0.25, 0.3) is 0 Å². The van der Waals surface area contributed by atoms with Gasteiger partial charge in [0, 0.05) is 10.0 Å². The Hall–Kier alpha value is -3.45. The average Bonchev–Trinajstić information content (AvgIpc) is 2.80. The Labute approximate surface area is 189 Å². The molecule has 31 heavy (non-hydrogen) atoms. The number of amides is 2. The maximum atomic E-state index is 12.3. The van der Waals surface area contributed by atoms with Crippen molar-refractivity contribution in [2.75, 3.05) is 5.32 Å². The number of hydrogen-bond donors (Lipinski definition) is 2. The molecule has 0 saturated heterocycles. The van der Waals surface area contributed by atoms with Crippen molar-refractivity contribution in [3.05, 3.63) is 94.5 Å². The van der Waals surface area contributed by atoms with Gasteiger partial charge in [0.25, 0.3) is 5.91 Å². The van der Waals surface area contributed by atoms with Crippen LogP contribution in [0.5, 0.6) is 5.75 Å². The number of ether oxygens (including phenoxy) is 1. The number of hydrogen-bond acceptors (Lipinski definition) is 4. The standard InChI is InChI=1S/C24H22BrN3O3/c1-17(23(29)27-21-13-7-6-12-20(21)25)24(30)28-26-15-19-11-5-8-14-22(19)31-16-18-9-3-2-4-10-18/h2-15,17H,16H2,1H3,(H,27,29)(H,28,30). The first-order valence-corrected chi connectivity index (χ1v) is 10.5. The van der Waals surface area contributed by atoms with E-state index in [4.69, 9.17) is 4.74 Å². The van der Waals surface area contributed by atoms with Crippen molar-refractivity contribution in [1.29, 1.82) is 0 Å². The normalized spacial score (nSPS) is 11.7. The van der Waals surface area contributed by atoms with E-state index in [1.54, 1.807) is 12.1 Å². The van der Waals surface area contributed by atoms with Gasteiger partial charge in [-0.2, -0.15) is 5.10 Å². The number of carbonyl (C=O) groups is 2. The molecule has 0 fully saturated rings. The van der Waals surface area contributed by atoms with Gasteiger partial charge < -0.3 is 10.1 Å². The first-order chi connectivity index (χ1) is 15.0. The Kier molecular flexibility index (Phi) is 7.95. The summed E-state index contributed by atoms with van der Waals surface area (Å²) in [6.45, 7) is 1.94. The molecule has 0 radical (unpaired) electrons. The molecule has 1 unspecified atom stereocenters. The molecule has 0 aromatic heterocycles. The lowest BCUT2D eigenvalue weighted by Gasteiger charge is -2.12. The lowest BCUT2D eigenvalue weighted by molar-refractivity contribution is -0.131. The van der Waals surface area contributed by atoms with Crippen molar-refractivity contribution in [1.82, 2.24) is 5.43 Å². The predicted molar refractivity (Wildman–Crippen MR) is 125 cm³/mol. The highest BCUT2D eigenvalue weighted by Crippen LogP contribution is 2.22. The first kappa shape index (κ1) is 22.2. The second kappa shape index (κ2) is 11.1. The summed E-state index contributed by atoms with van der Waals surface area (Å²) < 4.78 is 6.61. The Balaban J connectivity index is 1.56. The Morgan fingerprint density at radius 3 is 2.42 bits per heavy atom. The third-order valence-electron chi connectivity index (χ3n) is 4.45. The second-order valence-corrected chi connectivity index (χ2v) is 7.59. The van der Waals surface area contributed by atoms with E-state index < -0.39 is 17.7 Å². The van der Waals surface area contributed by atoms with Gasteiger partial charge >= 0.3 is 0 Å². The maximum Gasteiger partial charge on any atom is 0.252 e. The zero-order chi connectivity index (χ0) is 22.1. The van der Waals surface area contributed by atoms with E-state index in [-0.39, 0.29) is 0 Å². The number of para-hydroxylation sites is 2. The van der Waals surface area contributed by atoms with Crippen LogP contribution in [0, 0.1) is 5.92 Å². The van der Waals surface area contributed by atoms with Gasteiger partial charge in [0.05, 0.1) is 11.9 Å². The quantitative estimate of drug-likeness (QED) is 0.277. The molecule has 2 N–H and O–H groups in total. The van der Waals surface area contributed by atoms with Crippen LogP contribution in [0.2, 0.25) is 0 Å². The number of anilines is 1. The summed E-state index contributed by atoms with van der Waals surface area (Å²) in [5.41, 5.74) is 4.77. The molecule has 0 heterocycles. The number of nitrogens with one attached hydrogen (secondary N) is 2. The number of benzene rings is 3. The molecule has 0 bridgehead atoms. The smallest absolute Gasteiger partial charge is 0.252 e. The molecule has 7 heteroatoms. The van der Waals surface area contributed by atoms with Gasteiger partial charge in [-0.15, -0.1) is 0 Å². The zero-order valence-corrected chi connectivity index (χ0v) is 18.5. The number of hydrazone groups is 1. The van der Waals surface area contributed by atoms with Crippen molar-refractivity contribution in [3.63, 3.8) is 0 Å². The SMILES string of the molecule is CC(C(=O)NN=Cc1ccccc1OCc1ccccc1)C(=O)Nc1ccccc1Br. The molecule has 0 saturated carbocycles. The monoisotopic (exact) mass is 479 g/mol. The van der Waals surface area contributed by atoms with E-state index in [0.29, 0.717) is 23.6 Å². The molecule has 0 spiro atoms. The van der Waals surface area contributed by atoms with Crippen LogP contribution in [0.3, 0.4) is 0 Å². The zero-order valence-electron chi connectivity index (χ0n) is 16.9. The fourth-order valence-corrected chi connectivity index (χ4v) is 3.02. The Bertz CT molecular complexity index is 1070. The largest absolute Gasteiger partial charge is 0.488 e. The molecule has 0 aliphatic heterocycles. The van der Waals surface area contributed by atoms with Gasteiger partial charge in [0.1, 0.15) is 18.3 Å². The van der Waals surface area contributed by atoms with Gasteiger partial charge in [-0.05, 0) is 52.7 Å². The summed E-state index contributed by atoms with van der Waals surface area (Å²) in [5.74, 6) is -1.22. The van der Waals surface area contributed by atoms with Gasteiger partial charge in [-0.25, -0.2) is 5.43 Å². The van der Waals surface area contributed by atoms with E-state index in [0.717, 1.165) is 10.0 Å². The molecular weight excluding hydrogens is 458 g/mol. The van der Waals surface area contributed by atoms with Crippen LogP contribution < -0.4 is 15.5 Å². The van der Waals surface area contributed by atoms with E-state index in [2.05, 4.69) is 31.8 Å². The number of carbonyl (C=O) groups excluding carboxylic acids is 2. The highest BCUT2D eigenvalue weighted by molar-refractivity contribution is 9.10. The van der Waals surface area contributed by atoms with Gasteiger partial charge in [0.15, 0.2) is 0 Å². The van der Waals surface area contributed by atoms with Crippen LogP contribution in [-0.2, 0) is 16.2 Å². The fourth-order valence-electron chi connectivity index (χ4n) is 2.64. The van der Waals surface area contributed by atoms with E-state index >= 15 is 0 Å². The molecule has 6 nitrogen and oxygen atoms in total. The van der Waals surface area contributed by atoms with E-state index in [1.807, 2.05) is 66.7 Å². The summed E-state index contributed by atoms with van der Waals surface area (Å²) in [6, 6.07) is 24.4. The van der Waals surface area contributed by atoms with Gasteiger partial charge in [-0.3, -0.25) is 9.59 Å². The van der Waals surface area contributed by atoms with Crippen LogP contribution in [-0.4, -0.2) is 18.0 Å².